The van der Waals surface area contributed by atoms with Crippen LogP contribution in [0.2, 0.25) is 0 Å². The molecule has 90 valence electrons. The van der Waals surface area contributed by atoms with Crippen LogP contribution in [0.15, 0.2) is 12.1 Å². The lowest BCUT2D eigenvalue weighted by Crippen LogP contribution is -2.27. The first-order chi connectivity index (χ1) is 8.13. The van der Waals surface area contributed by atoms with Gasteiger partial charge in [0.25, 0.3) is 0 Å². The fourth-order valence-corrected chi connectivity index (χ4v) is 2.35. The van der Waals surface area contributed by atoms with E-state index in [4.69, 9.17) is 11.0 Å². The summed E-state index contributed by atoms with van der Waals surface area (Å²) in [5.74, 6) is -0.252. The highest BCUT2D eigenvalue weighted by Crippen LogP contribution is 2.36. The Bertz CT molecular complexity index is 466. The molecule has 5 heteroatoms. The van der Waals surface area contributed by atoms with Crippen molar-refractivity contribution in [3.8, 4) is 6.07 Å². The van der Waals surface area contributed by atoms with Crippen LogP contribution in [0.4, 0.5) is 15.8 Å². The van der Waals surface area contributed by atoms with E-state index in [-0.39, 0.29) is 5.82 Å². The van der Waals surface area contributed by atoms with E-state index in [1.165, 1.54) is 6.07 Å². The molecule has 0 atom stereocenters. The van der Waals surface area contributed by atoms with E-state index in [1.807, 2.05) is 22.6 Å². The van der Waals surface area contributed by atoms with E-state index >= 15 is 0 Å². The molecule has 0 saturated heterocycles. The van der Waals surface area contributed by atoms with Crippen molar-refractivity contribution in [3.63, 3.8) is 0 Å². The molecule has 0 aliphatic heterocycles. The Balaban J connectivity index is 2.29. The van der Waals surface area contributed by atoms with Crippen LogP contribution in [0.5, 0.6) is 0 Å². The highest BCUT2D eigenvalue weighted by molar-refractivity contribution is 14.1. The van der Waals surface area contributed by atoms with Gasteiger partial charge in [-0.15, -0.1) is 0 Å². The third kappa shape index (κ3) is 2.80. The van der Waals surface area contributed by atoms with Crippen LogP contribution in [0.25, 0.3) is 0 Å². The fourth-order valence-electron chi connectivity index (χ4n) is 1.86. The van der Waals surface area contributed by atoms with E-state index in [2.05, 4.69) is 11.0 Å². The number of rotatable bonds is 4. The molecular formula is C12H13FIN3. The van der Waals surface area contributed by atoms with Gasteiger partial charge in [0.15, 0.2) is 0 Å². The van der Waals surface area contributed by atoms with Gasteiger partial charge in [0.2, 0.25) is 0 Å². The predicted molar refractivity (Wildman–Crippen MR) is 74.1 cm³/mol. The molecule has 0 bridgehead atoms. The lowest BCUT2D eigenvalue weighted by Gasteiger charge is -2.25. The minimum absolute atomic E-state index is 0.252. The highest BCUT2D eigenvalue weighted by atomic mass is 127. The summed E-state index contributed by atoms with van der Waals surface area (Å²) >= 11 is 1.93. The number of nitrogens with zero attached hydrogens (tertiary/aromatic N) is 2. The van der Waals surface area contributed by atoms with Gasteiger partial charge in [-0.05, 0) is 41.5 Å². The summed E-state index contributed by atoms with van der Waals surface area (Å²) in [5, 5.41) is 8.65. The van der Waals surface area contributed by atoms with Gasteiger partial charge in [0.05, 0.1) is 27.4 Å². The number of nitrogen functional groups attached to an aromatic ring is 1. The molecule has 2 N–H and O–H groups in total. The fraction of sp³-hybridized carbons (Fsp3) is 0.417. The van der Waals surface area contributed by atoms with Gasteiger partial charge in [-0.25, -0.2) is 4.39 Å². The van der Waals surface area contributed by atoms with E-state index in [0.717, 1.165) is 18.5 Å². The Hall–Kier alpha value is -1.03. The van der Waals surface area contributed by atoms with Crippen LogP contribution in [-0.4, -0.2) is 12.6 Å². The van der Waals surface area contributed by atoms with E-state index < -0.39 is 0 Å². The third-order valence-corrected chi connectivity index (χ3v) is 3.66. The zero-order chi connectivity index (χ0) is 12.4. The number of benzene rings is 1. The van der Waals surface area contributed by atoms with E-state index in [9.17, 15) is 4.39 Å². The first-order valence-corrected chi connectivity index (χ1v) is 6.59. The number of halogens is 2. The van der Waals surface area contributed by atoms with Gasteiger partial charge < -0.3 is 10.6 Å². The van der Waals surface area contributed by atoms with Gasteiger partial charge in [-0.1, -0.05) is 0 Å². The molecular weight excluding hydrogens is 332 g/mol. The van der Waals surface area contributed by atoms with Crippen molar-refractivity contribution in [2.45, 2.75) is 25.3 Å². The van der Waals surface area contributed by atoms with Crippen LogP contribution < -0.4 is 10.6 Å². The molecule has 3 nitrogen and oxygen atoms in total. The lowest BCUT2D eigenvalue weighted by atomic mass is 10.2. The normalized spacial score (nSPS) is 14.4. The maximum Gasteiger partial charge on any atom is 0.138 e. The molecule has 0 unspecified atom stereocenters. The van der Waals surface area contributed by atoms with Gasteiger partial charge in [-0.2, -0.15) is 5.26 Å². The number of hydrogen-bond donors (Lipinski definition) is 1. The summed E-state index contributed by atoms with van der Waals surface area (Å²) in [7, 11) is 0. The molecule has 0 radical (unpaired) electrons. The van der Waals surface area contributed by atoms with E-state index in [0.29, 0.717) is 28.3 Å². The van der Waals surface area contributed by atoms with Crippen molar-refractivity contribution in [1.29, 1.82) is 5.26 Å². The van der Waals surface area contributed by atoms with Crippen molar-refractivity contribution >= 4 is 34.0 Å². The molecule has 0 aromatic heterocycles. The molecule has 2 rings (SSSR count). The molecule has 1 fully saturated rings. The van der Waals surface area contributed by atoms with Crippen LogP contribution in [0.1, 0.15) is 19.3 Å². The third-order valence-electron chi connectivity index (χ3n) is 2.83. The average Bonchev–Trinajstić information content (AvgIpc) is 3.10. The summed E-state index contributed by atoms with van der Waals surface area (Å²) in [6, 6.07) is 5.66. The Morgan fingerprint density at radius 3 is 2.82 bits per heavy atom. The van der Waals surface area contributed by atoms with Gasteiger partial charge in [0.1, 0.15) is 5.82 Å². The zero-order valence-corrected chi connectivity index (χ0v) is 11.4. The molecule has 0 amide bonds. The summed E-state index contributed by atoms with van der Waals surface area (Å²) in [4.78, 5) is 2.05. The highest BCUT2D eigenvalue weighted by Gasteiger charge is 2.30. The minimum Gasteiger partial charge on any atom is -0.397 e. The van der Waals surface area contributed by atoms with Gasteiger partial charge in [0, 0.05) is 18.7 Å². The van der Waals surface area contributed by atoms with Gasteiger partial charge in [-0.3, -0.25) is 0 Å². The maximum absolute atomic E-state index is 13.6. The summed E-state index contributed by atoms with van der Waals surface area (Å²) in [5.41, 5.74) is 7.24. The second kappa shape index (κ2) is 5.08. The Kier molecular flexibility index (Phi) is 3.72. The predicted octanol–water partition coefficient (Wildman–Crippen LogP) is 2.89. The molecule has 17 heavy (non-hydrogen) atoms. The lowest BCUT2D eigenvalue weighted by molar-refractivity contribution is 0.619. The average molecular weight is 345 g/mol. The Labute approximate surface area is 114 Å². The molecule has 1 aliphatic carbocycles. The summed E-state index contributed by atoms with van der Waals surface area (Å²) < 4.78 is 14.1. The van der Waals surface area contributed by atoms with Crippen molar-refractivity contribution in [3.05, 3.63) is 21.5 Å². The number of nitrogens with two attached hydrogens (primary N) is 1. The molecule has 1 aromatic rings. The van der Waals surface area contributed by atoms with Gasteiger partial charge >= 0.3 is 0 Å². The Morgan fingerprint density at radius 2 is 2.24 bits per heavy atom. The van der Waals surface area contributed by atoms with Crippen molar-refractivity contribution in [2.24, 2.45) is 0 Å². The Morgan fingerprint density at radius 1 is 1.53 bits per heavy atom. The molecule has 1 aromatic carbocycles. The smallest absolute Gasteiger partial charge is 0.138 e. The van der Waals surface area contributed by atoms with Crippen molar-refractivity contribution in [2.75, 3.05) is 17.2 Å². The quantitative estimate of drug-likeness (QED) is 0.674. The zero-order valence-electron chi connectivity index (χ0n) is 9.29. The standard InChI is InChI=1S/C12H13FIN3/c13-9-6-12(11(16)7-10(9)14)17(5-1-4-15)8-2-3-8/h6-8H,1-3,5,16H2. The van der Waals surface area contributed by atoms with E-state index in [1.54, 1.807) is 6.07 Å². The SMILES string of the molecule is N#CCCN(c1cc(F)c(I)cc1N)C1CC1. The van der Waals surface area contributed by atoms with Crippen molar-refractivity contribution in [1.82, 2.24) is 0 Å². The second-order valence-electron chi connectivity index (χ2n) is 4.16. The monoisotopic (exact) mass is 345 g/mol. The topological polar surface area (TPSA) is 53.0 Å². The first kappa shape index (κ1) is 12.4. The maximum atomic E-state index is 13.6. The second-order valence-corrected chi connectivity index (χ2v) is 5.32. The molecule has 0 heterocycles. The van der Waals surface area contributed by atoms with Crippen LogP contribution in [0, 0.1) is 20.7 Å². The van der Waals surface area contributed by atoms with Crippen LogP contribution in [0.3, 0.4) is 0 Å². The molecule has 1 saturated carbocycles. The van der Waals surface area contributed by atoms with Crippen LogP contribution in [-0.2, 0) is 0 Å². The summed E-state index contributed by atoms with van der Waals surface area (Å²) in [6.45, 7) is 0.616. The first-order valence-electron chi connectivity index (χ1n) is 5.51. The number of hydrogen-bond acceptors (Lipinski definition) is 3. The summed E-state index contributed by atoms with van der Waals surface area (Å²) in [6.07, 6.45) is 2.63. The molecule has 1 aliphatic rings. The number of anilines is 2. The largest absolute Gasteiger partial charge is 0.397 e. The number of nitriles is 1. The van der Waals surface area contributed by atoms with Crippen molar-refractivity contribution < 1.29 is 4.39 Å². The minimum atomic E-state index is -0.252. The van der Waals surface area contributed by atoms with Crippen LogP contribution >= 0.6 is 22.6 Å². The molecule has 0 spiro atoms.